The fraction of sp³-hybridized carbons (Fsp3) is 0.700. The first-order valence-electron chi connectivity index (χ1n) is 5.35. The highest BCUT2D eigenvalue weighted by molar-refractivity contribution is 5.88. The van der Waals surface area contributed by atoms with Crippen LogP contribution < -0.4 is 11.1 Å². The molecule has 7 heteroatoms. The van der Waals surface area contributed by atoms with Crippen LogP contribution in [0.5, 0.6) is 0 Å². The zero-order valence-electron chi connectivity index (χ0n) is 9.77. The molecule has 2 amide bonds. The van der Waals surface area contributed by atoms with E-state index in [0.717, 1.165) is 0 Å². The summed E-state index contributed by atoms with van der Waals surface area (Å²) in [4.78, 5) is 32.6. The van der Waals surface area contributed by atoms with Crippen LogP contribution in [0, 0.1) is 0 Å². The maximum Gasteiger partial charge on any atom is 0.326 e. The van der Waals surface area contributed by atoms with E-state index in [0.29, 0.717) is 19.6 Å². The van der Waals surface area contributed by atoms with E-state index in [-0.39, 0.29) is 6.42 Å². The van der Waals surface area contributed by atoms with Crippen LogP contribution in [0.15, 0.2) is 0 Å². The smallest absolute Gasteiger partial charge is 0.326 e. The summed E-state index contributed by atoms with van der Waals surface area (Å²) < 4.78 is 5.03. The van der Waals surface area contributed by atoms with Crippen molar-refractivity contribution < 1.29 is 24.2 Å². The van der Waals surface area contributed by atoms with Crippen LogP contribution in [-0.2, 0) is 19.1 Å². The third kappa shape index (κ3) is 8.21. The Morgan fingerprint density at radius 1 is 1.41 bits per heavy atom. The lowest BCUT2D eigenvalue weighted by Gasteiger charge is -2.12. The second kappa shape index (κ2) is 8.51. The summed E-state index contributed by atoms with van der Waals surface area (Å²) in [5.41, 5.74) is 4.87. The molecule has 1 unspecified atom stereocenters. The second-order valence-corrected chi connectivity index (χ2v) is 3.43. The highest BCUT2D eigenvalue weighted by Crippen LogP contribution is 1.96. The molecule has 0 aromatic carbocycles. The van der Waals surface area contributed by atoms with Gasteiger partial charge in [-0.05, 0) is 13.3 Å². The van der Waals surface area contributed by atoms with Gasteiger partial charge in [0.05, 0.1) is 6.42 Å². The number of hydrogen-bond donors (Lipinski definition) is 3. The van der Waals surface area contributed by atoms with Crippen LogP contribution in [0.3, 0.4) is 0 Å². The van der Waals surface area contributed by atoms with Crippen LogP contribution >= 0.6 is 0 Å². The first-order valence-corrected chi connectivity index (χ1v) is 5.35. The number of carboxylic acid groups (broad SMARTS) is 1. The predicted molar refractivity (Wildman–Crippen MR) is 59.1 cm³/mol. The summed E-state index contributed by atoms with van der Waals surface area (Å²) in [6, 6.07) is -1.26. The number of carbonyl (C=O) groups excluding carboxylic acids is 2. The molecule has 0 aliphatic rings. The van der Waals surface area contributed by atoms with Crippen molar-refractivity contribution in [2.24, 2.45) is 5.73 Å². The summed E-state index contributed by atoms with van der Waals surface area (Å²) in [7, 11) is 0. The van der Waals surface area contributed by atoms with Gasteiger partial charge in [0.2, 0.25) is 11.8 Å². The minimum atomic E-state index is -1.28. The van der Waals surface area contributed by atoms with Gasteiger partial charge in [0, 0.05) is 19.6 Å². The normalized spacial score (nSPS) is 11.8. The number of amides is 2. The van der Waals surface area contributed by atoms with E-state index in [1.807, 2.05) is 6.92 Å². The molecule has 0 aromatic heterocycles. The summed E-state index contributed by atoms with van der Waals surface area (Å²) in [5, 5.41) is 11.0. The summed E-state index contributed by atoms with van der Waals surface area (Å²) in [6.07, 6.45) is 0.248. The van der Waals surface area contributed by atoms with Gasteiger partial charge in [-0.15, -0.1) is 0 Å². The topological polar surface area (TPSA) is 119 Å². The van der Waals surface area contributed by atoms with Gasteiger partial charge in [-0.3, -0.25) is 9.59 Å². The molecule has 0 radical (unpaired) electrons. The number of carboxylic acids is 1. The molecule has 0 fully saturated rings. The predicted octanol–water partition coefficient (Wildman–Crippen LogP) is -0.752. The molecule has 98 valence electrons. The van der Waals surface area contributed by atoms with Gasteiger partial charge in [-0.1, -0.05) is 0 Å². The molecule has 0 aromatic rings. The van der Waals surface area contributed by atoms with Crippen molar-refractivity contribution in [2.75, 3.05) is 13.2 Å². The third-order valence-electron chi connectivity index (χ3n) is 1.94. The number of nitrogens with two attached hydrogens (primary N) is 1. The summed E-state index contributed by atoms with van der Waals surface area (Å²) >= 11 is 0. The quantitative estimate of drug-likeness (QED) is 0.462. The number of hydrogen-bond acceptors (Lipinski definition) is 4. The van der Waals surface area contributed by atoms with Gasteiger partial charge in [-0.2, -0.15) is 0 Å². The van der Waals surface area contributed by atoms with Crippen molar-refractivity contribution in [3.8, 4) is 0 Å². The molecule has 0 rings (SSSR count). The molecule has 0 spiro atoms. The van der Waals surface area contributed by atoms with Gasteiger partial charge in [-0.25, -0.2) is 4.79 Å². The average Bonchev–Trinajstić information content (AvgIpc) is 2.22. The number of nitrogens with one attached hydrogen (secondary N) is 1. The van der Waals surface area contributed by atoms with E-state index in [4.69, 9.17) is 15.6 Å². The van der Waals surface area contributed by atoms with Crippen LogP contribution in [0.25, 0.3) is 0 Å². The van der Waals surface area contributed by atoms with E-state index < -0.39 is 30.2 Å². The first-order chi connectivity index (χ1) is 7.97. The van der Waals surface area contributed by atoms with Crippen molar-refractivity contribution in [3.05, 3.63) is 0 Å². The Morgan fingerprint density at radius 3 is 2.53 bits per heavy atom. The number of aliphatic carboxylic acids is 1. The van der Waals surface area contributed by atoms with Gasteiger partial charge in [0.1, 0.15) is 6.04 Å². The molecular weight excluding hydrogens is 228 g/mol. The Morgan fingerprint density at radius 2 is 2.06 bits per heavy atom. The molecule has 17 heavy (non-hydrogen) atoms. The zero-order valence-corrected chi connectivity index (χ0v) is 9.77. The molecular formula is C10H18N2O5. The summed E-state index contributed by atoms with van der Waals surface area (Å²) in [6.45, 7) is 2.85. The van der Waals surface area contributed by atoms with Crippen LogP contribution in [-0.4, -0.2) is 42.1 Å². The second-order valence-electron chi connectivity index (χ2n) is 3.43. The molecule has 1 atom stereocenters. The molecule has 0 heterocycles. The van der Waals surface area contributed by atoms with Gasteiger partial charge >= 0.3 is 5.97 Å². The van der Waals surface area contributed by atoms with Gasteiger partial charge < -0.3 is 20.9 Å². The Bertz CT molecular complexity index is 280. The van der Waals surface area contributed by atoms with Crippen LogP contribution in [0.1, 0.15) is 26.2 Å². The Balaban J connectivity index is 3.96. The molecule has 0 saturated heterocycles. The standard InChI is InChI=1S/C10H18N2O5/c1-2-17-5-3-4-9(14)12-7(10(15)16)6-8(11)13/h7H,2-6H2,1H3,(H2,11,13)(H,12,14)(H,15,16). The van der Waals surface area contributed by atoms with E-state index in [1.54, 1.807) is 0 Å². The van der Waals surface area contributed by atoms with E-state index in [1.165, 1.54) is 0 Å². The fourth-order valence-corrected chi connectivity index (χ4v) is 1.15. The SMILES string of the molecule is CCOCCCC(=O)NC(CC(N)=O)C(=O)O. The van der Waals surface area contributed by atoms with E-state index >= 15 is 0 Å². The average molecular weight is 246 g/mol. The minimum Gasteiger partial charge on any atom is -0.480 e. The maximum atomic E-state index is 11.3. The van der Waals surface area contributed by atoms with Crippen LogP contribution in [0.2, 0.25) is 0 Å². The Kier molecular flexibility index (Phi) is 7.70. The number of rotatable bonds is 9. The third-order valence-corrected chi connectivity index (χ3v) is 1.94. The molecule has 0 aliphatic carbocycles. The minimum absolute atomic E-state index is 0.155. The zero-order chi connectivity index (χ0) is 13.3. The molecule has 0 saturated carbocycles. The van der Waals surface area contributed by atoms with Gasteiger partial charge in [0.15, 0.2) is 0 Å². The first kappa shape index (κ1) is 15.4. The van der Waals surface area contributed by atoms with Crippen molar-refractivity contribution in [1.29, 1.82) is 0 Å². The summed E-state index contributed by atoms with van der Waals surface area (Å²) in [5.74, 6) is -2.48. The highest BCUT2D eigenvalue weighted by Gasteiger charge is 2.21. The molecule has 7 nitrogen and oxygen atoms in total. The number of primary amides is 1. The lowest BCUT2D eigenvalue weighted by Crippen LogP contribution is -2.43. The van der Waals surface area contributed by atoms with Crippen LogP contribution in [0.4, 0.5) is 0 Å². The lowest BCUT2D eigenvalue weighted by atomic mass is 10.2. The van der Waals surface area contributed by atoms with Crippen molar-refractivity contribution in [2.45, 2.75) is 32.2 Å². The van der Waals surface area contributed by atoms with Crippen molar-refractivity contribution >= 4 is 17.8 Å². The highest BCUT2D eigenvalue weighted by atomic mass is 16.5. The fourth-order valence-electron chi connectivity index (χ4n) is 1.15. The molecule has 4 N–H and O–H groups in total. The molecule has 0 bridgehead atoms. The van der Waals surface area contributed by atoms with Crippen molar-refractivity contribution in [3.63, 3.8) is 0 Å². The Labute approximate surface area is 99.3 Å². The van der Waals surface area contributed by atoms with Crippen molar-refractivity contribution in [1.82, 2.24) is 5.32 Å². The largest absolute Gasteiger partial charge is 0.480 e. The molecule has 0 aliphatic heterocycles. The van der Waals surface area contributed by atoms with E-state index in [9.17, 15) is 14.4 Å². The van der Waals surface area contributed by atoms with E-state index in [2.05, 4.69) is 5.32 Å². The maximum absolute atomic E-state index is 11.3. The number of ether oxygens (including phenoxy) is 1. The monoisotopic (exact) mass is 246 g/mol. The van der Waals surface area contributed by atoms with Gasteiger partial charge in [0.25, 0.3) is 0 Å². The number of carbonyl (C=O) groups is 3. The Hall–Kier alpha value is -1.63. The lowest BCUT2D eigenvalue weighted by molar-refractivity contribution is -0.143.